The Labute approximate surface area is 129 Å². The normalized spacial score (nSPS) is 14.6. The average molecular weight is 290 g/mol. The Hall–Kier alpha value is -1.35. The topological polar surface area (TPSA) is 55.1 Å². The van der Waals surface area contributed by atoms with Crippen LogP contribution >= 0.6 is 0 Å². The molecule has 1 rings (SSSR count). The van der Waals surface area contributed by atoms with E-state index in [1.165, 1.54) is 16.7 Å². The molecule has 0 aliphatic rings. The highest BCUT2D eigenvalue weighted by molar-refractivity contribution is 5.77. The fraction of sp³-hybridized carbons (Fsp3) is 0.611. The molecule has 1 aromatic rings. The molecule has 0 bridgehead atoms. The zero-order chi connectivity index (χ0) is 16.2. The van der Waals surface area contributed by atoms with Crippen molar-refractivity contribution in [3.8, 4) is 0 Å². The van der Waals surface area contributed by atoms with Crippen molar-refractivity contribution in [3.05, 3.63) is 34.9 Å². The predicted octanol–water partition coefficient (Wildman–Crippen LogP) is 3.63. The molecule has 0 aliphatic heterocycles. The summed E-state index contributed by atoms with van der Waals surface area (Å²) in [5.74, 6) is 0.0271. The molecule has 0 saturated heterocycles. The van der Waals surface area contributed by atoms with Gasteiger partial charge in [0.1, 0.15) is 0 Å². The first-order chi connectivity index (χ1) is 9.58. The summed E-state index contributed by atoms with van der Waals surface area (Å²) in [5, 5.41) is 3.05. The van der Waals surface area contributed by atoms with Gasteiger partial charge in [0.15, 0.2) is 0 Å². The molecule has 21 heavy (non-hydrogen) atoms. The Kier molecular flexibility index (Phi) is 5.97. The minimum Gasteiger partial charge on any atom is -0.350 e. The van der Waals surface area contributed by atoms with E-state index in [0.29, 0.717) is 6.42 Å². The van der Waals surface area contributed by atoms with Crippen molar-refractivity contribution >= 4 is 5.91 Å². The Morgan fingerprint density at radius 2 is 1.90 bits per heavy atom. The van der Waals surface area contributed by atoms with Crippen LogP contribution in [-0.4, -0.2) is 11.9 Å². The maximum absolute atomic E-state index is 12.1. The molecule has 3 N–H and O–H groups in total. The van der Waals surface area contributed by atoms with Crippen LogP contribution in [0.25, 0.3) is 0 Å². The van der Waals surface area contributed by atoms with E-state index in [-0.39, 0.29) is 23.4 Å². The van der Waals surface area contributed by atoms with E-state index in [9.17, 15) is 4.79 Å². The van der Waals surface area contributed by atoms with E-state index in [1.807, 2.05) is 6.92 Å². The van der Waals surface area contributed by atoms with Crippen LogP contribution in [0.1, 0.15) is 63.3 Å². The van der Waals surface area contributed by atoms with Gasteiger partial charge in [-0.05, 0) is 43.7 Å². The largest absolute Gasteiger partial charge is 0.350 e. The highest BCUT2D eigenvalue weighted by Gasteiger charge is 2.19. The molecule has 0 aliphatic carbocycles. The summed E-state index contributed by atoms with van der Waals surface area (Å²) in [7, 11) is 0. The van der Waals surface area contributed by atoms with Gasteiger partial charge in [0.2, 0.25) is 5.91 Å². The molecule has 0 heterocycles. The number of carbonyl (C=O) groups excluding carboxylic acids is 1. The minimum absolute atomic E-state index is 0.0138. The molecule has 0 spiro atoms. The van der Waals surface area contributed by atoms with Crippen molar-refractivity contribution in [2.75, 3.05) is 0 Å². The zero-order valence-corrected chi connectivity index (χ0v) is 14.3. The third-order valence-corrected chi connectivity index (χ3v) is 3.59. The van der Waals surface area contributed by atoms with Gasteiger partial charge in [0, 0.05) is 12.5 Å². The number of hydrogen-bond donors (Lipinski definition) is 2. The Balaban J connectivity index is 2.58. The van der Waals surface area contributed by atoms with Gasteiger partial charge >= 0.3 is 0 Å². The second kappa shape index (κ2) is 7.08. The number of nitrogens with one attached hydrogen (secondary N) is 1. The quantitative estimate of drug-likeness (QED) is 0.870. The molecule has 1 amide bonds. The molecule has 2 atom stereocenters. The molecular formula is C18H30N2O. The number of carbonyl (C=O) groups is 1. The van der Waals surface area contributed by atoms with Gasteiger partial charge in [-0.25, -0.2) is 0 Å². The van der Waals surface area contributed by atoms with Gasteiger partial charge in [-0.1, -0.05) is 44.5 Å². The molecule has 0 fully saturated rings. The molecule has 2 unspecified atom stereocenters. The van der Waals surface area contributed by atoms with Crippen LogP contribution in [0.2, 0.25) is 0 Å². The summed E-state index contributed by atoms with van der Waals surface area (Å²) in [4.78, 5) is 12.1. The lowest BCUT2D eigenvalue weighted by Crippen LogP contribution is -2.35. The molecule has 118 valence electrons. The number of rotatable bonds is 5. The number of benzene rings is 1. The lowest BCUT2D eigenvalue weighted by Gasteiger charge is -2.23. The summed E-state index contributed by atoms with van der Waals surface area (Å²) in [6.07, 6.45) is 1.23. The lowest BCUT2D eigenvalue weighted by molar-refractivity contribution is -0.122. The molecular weight excluding hydrogens is 260 g/mol. The van der Waals surface area contributed by atoms with Gasteiger partial charge in [0.05, 0.1) is 6.04 Å². The lowest BCUT2D eigenvalue weighted by atomic mass is 9.87. The van der Waals surface area contributed by atoms with Crippen molar-refractivity contribution in [2.45, 2.75) is 66.5 Å². The average Bonchev–Trinajstić information content (AvgIpc) is 2.24. The van der Waals surface area contributed by atoms with Crippen LogP contribution in [0, 0.1) is 19.3 Å². The molecule has 0 aromatic heterocycles. The van der Waals surface area contributed by atoms with Gasteiger partial charge in [0.25, 0.3) is 0 Å². The number of amides is 1. The van der Waals surface area contributed by atoms with Crippen LogP contribution < -0.4 is 11.1 Å². The second-order valence-corrected chi connectivity index (χ2v) is 7.38. The first-order valence-corrected chi connectivity index (χ1v) is 7.70. The van der Waals surface area contributed by atoms with E-state index < -0.39 is 0 Å². The third kappa shape index (κ3) is 6.30. The van der Waals surface area contributed by atoms with Crippen molar-refractivity contribution in [3.63, 3.8) is 0 Å². The minimum atomic E-state index is -0.0867. The van der Waals surface area contributed by atoms with Crippen LogP contribution in [0.15, 0.2) is 18.2 Å². The molecule has 0 radical (unpaired) electrons. The number of aryl methyl sites for hydroxylation is 2. The predicted molar refractivity (Wildman–Crippen MR) is 89.1 cm³/mol. The number of hydrogen-bond acceptors (Lipinski definition) is 2. The van der Waals surface area contributed by atoms with Gasteiger partial charge in [-0.2, -0.15) is 0 Å². The highest BCUT2D eigenvalue weighted by atomic mass is 16.1. The van der Waals surface area contributed by atoms with Crippen LogP contribution in [0.3, 0.4) is 0 Å². The number of nitrogens with two attached hydrogens (primary N) is 1. The summed E-state index contributed by atoms with van der Waals surface area (Å²) >= 11 is 0. The highest BCUT2D eigenvalue weighted by Crippen LogP contribution is 2.22. The molecule has 3 nitrogen and oxygen atoms in total. The second-order valence-electron chi connectivity index (χ2n) is 7.38. The maximum Gasteiger partial charge on any atom is 0.222 e. The van der Waals surface area contributed by atoms with Crippen molar-refractivity contribution in [2.24, 2.45) is 11.1 Å². The SMILES string of the molecule is Cc1ccc(C(C)NC(=O)CC(N)CC(C)(C)C)c(C)c1. The maximum atomic E-state index is 12.1. The first-order valence-electron chi connectivity index (χ1n) is 7.70. The van der Waals surface area contributed by atoms with Gasteiger partial charge in [-0.3, -0.25) is 4.79 Å². The Bertz CT molecular complexity index is 488. The van der Waals surface area contributed by atoms with Crippen molar-refractivity contribution in [1.82, 2.24) is 5.32 Å². The molecule has 1 aromatic carbocycles. The fourth-order valence-electron chi connectivity index (χ4n) is 2.79. The van der Waals surface area contributed by atoms with Crippen LogP contribution in [0.4, 0.5) is 0 Å². The Morgan fingerprint density at radius 1 is 1.29 bits per heavy atom. The first kappa shape index (κ1) is 17.7. The Morgan fingerprint density at radius 3 is 2.43 bits per heavy atom. The van der Waals surface area contributed by atoms with E-state index in [1.54, 1.807) is 0 Å². The van der Waals surface area contributed by atoms with Crippen LogP contribution in [-0.2, 0) is 4.79 Å². The summed E-state index contributed by atoms with van der Waals surface area (Å²) in [5.41, 5.74) is 9.83. The van der Waals surface area contributed by atoms with E-state index in [2.05, 4.69) is 58.1 Å². The van der Waals surface area contributed by atoms with Crippen molar-refractivity contribution < 1.29 is 4.79 Å². The summed E-state index contributed by atoms with van der Waals surface area (Å²) < 4.78 is 0. The van der Waals surface area contributed by atoms with E-state index >= 15 is 0 Å². The fourth-order valence-corrected chi connectivity index (χ4v) is 2.79. The van der Waals surface area contributed by atoms with Gasteiger partial charge < -0.3 is 11.1 Å². The standard InChI is InChI=1S/C18H30N2O/c1-12-7-8-16(13(2)9-12)14(3)20-17(21)10-15(19)11-18(4,5)6/h7-9,14-15H,10-11,19H2,1-6H3,(H,20,21). The van der Waals surface area contributed by atoms with E-state index in [0.717, 1.165) is 6.42 Å². The molecule has 3 heteroatoms. The van der Waals surface area contributed by atoms with Crippen molar-refractivity contribution in [1.29, 1.82) is 0 Å². The smallest absolute Gasteiger partial charge is 0.222 e. The summed E-state index contributed by atoms with van der Waals surface area (Å²) in [6, 6.07) is 6.24. The monoisotopic (exact) mass is 290 g/mol. The molecule has 0 saturated carbocycles. The third-order valence-electron chi connectivity index (χ3n) is 3.59. The van der Waals surface area contributed by atoms with Crippen LogP contribution in [0.5, 0.6) is 0 Å². The summed E-state index contributed by atoms with van der Waals surface area (Å²) in [6.45, 7) is 12.6. The zero-order valence-electron chi connectivity index (χ0n) is 14.3. The van der Waals surface area contributed by atoms with Gasteiger partial charge in [-0.15, -0.1) is 0 Å². The van der Waals surface area contributed by atoms with E-state index in [4.69, 9.17) is 5.73 Å².